The van der Waals surface area contributed by atoms with E-state index in [1.165, 1.54) is 19.3 Å². The summed E-state index contributed by atoms with van der Waals surface area (Å²) in [6.07, 6.45) is 5.67. The summed E-state index contributed by atoms with van der Waals surface area (Å²) in [4.78, 5) is 12.5. The Morgan fingerprint density at radius 2 is 2.22 bits per heavy atom. The molecule has 0 spiro atoms. The first-order valence-electron chi connectivity index (χ1n) is 6.61. The summed E-state index contributed by atoms with van der Waals surface area (Å²) in [6, 6.07) is 5.53. The highest BCUT2D eigenvalue weighted by molar-refractivity contribution is 9.10. The van der Waals surface area contributed by atoms with Crippen LogP contribution in [0.2, 0.25) is 5.02 Å². The van der Waals surface area contributed by atoms with Gasteiger partial charge in [-0.3, -0.25) is 4.79 Å². The van der Waals surface area contributed by atoms with Gasteiger partial charge in [-0.2, -0.15) is 0 Å². The average molecular weight is 330 g/mol. The molecule has 1 aromatic rings. The molecule has 0 aliphatic heterocycles. The highest BCUT2D eigenvalue weighted by atomic mass is 79.9. The van der Waals surface area contributed by atoms with Crippen molar-refractivity contribution in [1.82, 2.24) is 0 Å². The lowest BCUT2D eigenvalue weighted by Crippen LogP contribution is -2.23. The molecule has 1 aliphatic rings. The lowest BCUT2D eigenvalue weighted by Gasteiger charge is -2.27. The molecule has 2 rings (SSSR count). The molecule has 0 radical (unpaired) electrons. The van der Waals surface area contributed by atoms with Gasteiger partial charge in [0, 0.05) is 16.0 Å². The summed E-state index contributed by atoms with van der Waals surface area (Å²) in [7, 11) is 0. The van der Waals surface area contributed by atoms with Crippen LogP contribution in [0.1, 0.15) is 49.4 Å². The van der Waals surface area contributed by atoms with Gasteiger partial charge in [0.25, 0.3) is 0 Å². The van der Waals surface area contributed by atoms with E-state index in [4.69, 9.17) is 11.6 Å². The van der Waals surface area contributed by atoms with Crippen molar-refractivity contribution in [2.45, 2.75) is 39.0 Å². The highest BCUT2D eigenvalue weighted by Gasteiger charge is 2.28. The second kappa shape index (κ2) is 6.21. The Morgan fingerprint density at radius 1 is 1.44 bits per heavy atom. The fourth-order valence-electron chi connectivity index (χ4n) is 2.81. The summed E-state index contributed by atoms with van der Waals surface area (Å²) in [6.45, 7) is 2.21. The van der Waals surface area contributed by atoms with Crippen molar-refractivity contribution in [3.8, 4) is 0 Å². The predicted molar refractivity (Wildman–Crippen MR) is 79.2 cm³/mol. The zero-order valence-electron chi connectivity index (χ0n) is 10.6. The Labute approximate surface area is 122 Å². The van der Waals surface area contributed by atoms with Crippen LogP contribution in [-0.2, 0) is 0 Å². The number of hydrogen-bond acceptors (Lipinski definition) is 1. The lowest BCUT2D eigenvalue weighted by atomic mass is 9.77. The van der Waals surface area contributed by atoms with Crippen molar-refractivity contribution in [3.05, 3.63) is 33.3 Å². The minimum Gasteiger partial charge on any atom is -0.294 e. The third kappa shape index (κ3) is 3.16. The number of carbonyl (C=O) groups excluding carboxylic acids is 1. The van der Waals surface area contributed by atoms with Crippen molar-refractivity contribution < 1.29 is 4.79 Å². The molecule has 0 saturated heterocycles. The van der Waals surface area contributed by atoms with Gasteiger partial charge in [-0.15, -0.1) is 0 Å². The average Bonchev–Trinajstić information content (AvgIpc) is 2.38. The van der Waals surface area contributed by atoms with E-state index < -0.39 is 0 Å². The maximum absolute atomic E-state index is 12.5. The van der Waals surface area contributed by atoms with Crippen molar-refractivity contribution in [1.29, 1.82) is 0 Å². The number of Topliss-reactive ketones (excluding diaryl/α,β-unsaturated/α-hetero) is 1. The van der Waals surface area contributed by atoms with E-state index in [0.717, 1.165) is 17.3 Å². The Kier molecular flexibility index (Phi) is 4.85. The topological polar surface area (TPSA) is 17.1 Å². The number of carbonyl (C=O) groups is 1. The van der Waals surface area contributed by atoms with Crippen LogP contribution in [0, 0.1) is 11.8 Å². The van der Waals surface area contributed by atoms with Crippen LogP contribution >= 0.6 is 27.5 Å². The van der Waals surface area contributed by atoms with E-state index >= 15 is 0 Å². The summed E-state index contributed by atoms with van der Waals surface area (Å²) in [5.41, 5.74) is 0.682. The van der Waals surface area contributed by atoms with Gasteiger partial charge in [0.15, 0.2) is 5.78 Å². The molecule has 2 unspecified atom stereocenters. The number of rotatable bonds is 3. The Hall–Kier alpha value is -0.340. The minimum absolute atomic E-state index is 0.169. The third-order valence-electron chi connectivity index (χ3n) is 3.93. The second-order valence-corrected chi connectivity index (χ2v) is 6.45. The molecule has 2 atom stereocenters. The monoisotopic (exact) mass is 328 g/mol. The summed E-state index contributed by atoms with van der Waals surface area (Å²) < 4.78 is 0.916. The van der Waals surface area contributed by atoms with E-state index in [-0.39, 0.29) is 11.7 Å². The SMILES string of the molecule is CCC1CCCC(C(=O)c2ccc(Br)cc2Cl)C1. The van der Waals surface area contributed by atoms with Gasteiger partial charge >= 0.3 is 0 Å². The van der Waals surface area contributed by atoms with Gasteiger partial charge in [-0.05, 0) is 37.0 Å². The largest absolute Gasteiger partial charge is 0.294 e. The molecule has 98 valence electrons. The van der Waals surface area contributed by atoms with Gasteiger partial charge in [0.05, 0.1) is 5.02 Å². The quantitative estimate of drug-likeness (QED) is 0.669. The first-order valence-corrected chi connectivity index (χ1v) is 7.78. The third-order valence-corrected chi connectivity index (χ3v) is 4.73. The molecule has 1 aromatic carbocycles. The smallest absolute Gasteiger partial charge is 0.167 e. The summed E-state index contributed by atoms with van der Waals surface area (Å²) >= 11 is 9.53. The Balaban J connectivity index is 2.15. The first kappa shape index (κ1) is 14.1. The molecule has 3 heteroatoms. The molecule has 1 fully saturated rings. The molecule has 0 aromatic heterocycles. The zero-order chi connectivity index (χ0) is 13.1. The fourth-order valence-corrected chi connectivity index (χ4v) is 3.58. The molecule has 1 nitrogen and oxygen atoms in total. The number of halogens is 2. The van der Waals surface area contributed by atoms with Crippen LogP contribution in [0.15, 0.2) is 22.7 Å². The van der Waals surface area contributed by atoms with E-state index in [2.05, 4.69) is 22.9 Å². The molecular weight excluding hydrogens is 312 g/mol. The van der Waals surface area contributed by atoms with Gasteiger partial charge in [-0.1, -0.05) is 53.7 Å². The maximum Gasteiger partial charge on any atom is 0.167 e. The minimum atomic E-state index is 0.169. The summed E-state index contributed by atoms with van der Waals surface area (Å²) in [5, 5.41) is 0.563. The van der Waals surface area contributed by atoms with Gasteiger partial charge in [-0.25, -0.2) is 0 Å². The zero-order valence-corrected chi connectivity index (χ0v) is 12.9. The van der Waals surface area contributed by atoms with Crippen LogP contribution in [0.3, 0.4) is 0 Å². The number of hydrogen-bond donors (Lipinski definition) is 0. The standard InChI is InChI=1S/C15H18BrClO/c1-2-10-4-3-5-11(8-10)15(18)13-7-6-12(16)9-14(13)17/h6-7,9-11H,2-5,8H2,1H3. The van der Waals surface area contributed by atoms with Crippen LogP contribution in [0.25, 0.3) is 0 Å². The van der Waals surface area contributed by atoms with Crippen LogP contribution < -0.4 is 0 Å². The number of benzene rings is 1. The van der Waals surface area contributed by atoms with Gasteiger partial charge in [0.1, 0.15) is 0 Å². The Bertz CT molecular complexity index is 444. The van der Waals surface area contributed by atoms with E-state index in [9.17, 15) is 4.79 Å². The van der Waals surface area contributed by atoms with Crippen molar-refractivity contribution in [3.63, 3.8) is 0 Å². The molecule has 0 N–H and O–H groups in total. The van der Waals surface area contributed by atoms with Crippen molar-refractivity contribution in [2.24, 2.45) is 11.8 Å². The molecular formula is C15H18BrClO. The fraction of sp³-hybridized carbons (Fsp3) is 0.533. The first-order chi connectivity index (χ1) is 8.61. The molecule has 1 saturated carbocycles. The number of ketones is 1. The molecule has 0 heterocycles. The van der Waals surface area contributed by atoms with Crippen molar-refractivity contribution in [2.75, 3.05) is 0 Å². The van der Waals surface area contributed by atoms with Gasteiger partial charge < -0.3 is 0 Å². The van der Waals surface area contributed by atoms with Crippen LogP contribution in [-0.4, -0.2) is 5.78 Å². The van der Waals surface area contributed by atoms with E-state index in [1.54, 1.807) is 6.07 Å². The Morgan fingerprint density at radius 3 is 2.89 bits per heavy atom. The van der Waals surface area contributed by atoms with Crippen LogP contribution in [0.5, 0.6) is 0 Å². The van der Waals surface area contributed by atoms with E-state index in [1.807, 2.05) is 12.1 Å². The highest BCUT2D eigenvalue weighted by Crippen LogP contribution is 2.34. The molecule has 18 heavy (non-hydrogen) atoms. The second-order valence-electron chi connectivity index (χ2n) is 5.13. The van der Waals surface area contributed by atoms with E-state index in [0.29, 0.717) is 16.5 Å². The lowest BCUT2D eigenvalue weighted by molar-refractivity contribution is 0.0862. The van der Waals surface area contributed by atoms with Crippen molar-refractivity contribution >= 4 is 33.3 Å². The van der Waals surface area contributed by atoms with Gasteiger partial charge in [0.2, 0.25) is 0 Å². The molecule has 0 bridgehead atoms. The van der Waals surface area contributed by atoms with Crippen LogP contribution in [0.4, 0.5) is 0 Å². The normalized spacial score (nSPS) is 23.9. The molecule has 1 aliphatic carbocycles. The molecule has 0 amide bonds. The summed E-state index contributed by atoms with van der Waals surface area (Å²) in [5.74, 6) is 1.11. The maximum atomic E-state index is 12.5. The predicted octanol–water partition coefficient (Wildman–Crippen LogP) is 5.50.